The molecule has 7 heteroatoms. The van der Waals surface area contributed by atoms with Crippen LogP contribution in [0, 0.1) is 0 Å². The Hall–Kier alpha value is -4.13. The van der Waals surface area contributed by atoms with E-state index < -0.39 is 11.9 Å². The zero-order chi connectivity index (χ0) is 22.3. The van der Waals surface area contributed by atoms with E-state index in [1.807, 2.05) is 54.6 Å². The Balaban J connectivity index is 1.22. The van der Waals surface area contributed by atoms with Crippen molar-refractivity contribution in [2.45, 2.75) is 6.42 Å². The molecule has 1 heterocycles. The largest absolute Gasteiger partial charge is 0.457 e. The number of esters is 1. The molecule has 2 amide bonds. The van der Waals surface area contributed by atoms with Gasteiger partial charge in [0.05, 0.1) is 0 Å². The number of hydrogen-bond donors (Lipinski definition) is 1. The molecule has 0 aromatic heterocycles. The van der Waals surface area contributed by atoms with Gasteiger partial charge in [-0.2, -0.15) is 0 Å². The average Bonchev–Trinajstić information content (AvgIpc) is 3.26. The Morgan fingerprint density at radius 1 is 0.844 bits per heavy atom. The summed E-state index contributed by atoms with van der Waals surface area (Å²) in [5, 5.41) is 2.50. The predicted molar refractivity (Wildman–Crippen MR) is 119 cm³/mol. The van der Waals surface area contributed by atoms with Crippen molar-refractivity contribution in [3.05, 3.63) is 90.0 Å². The van der Waals surface area contributed by atoms with Crippen LogP contribution in [-0.2, 0) is 20.7 Å². The Kier molecular flexibility index (Phi) is 6.46. The van der Waals surface area contributed by atoms with Crippen LogP contribution in [0.2, 0.25) is 0 Å². The highest BCUT2D eigenvalue weighted by Gasteiger charge is 2.24. The number of hydrogen-bond acceptors (Lipinski definition) is 5. The predicted octanol–water partition coefficient (Wildman–Crippen LogP) is 3.34. The van der Waals surface area contributed by atoms with Crippen molar-refractivity contribution in [1.29, 1.82) is 0 Å². The maximum absolute atomic E-state index is 12.4. The van der Waals surface area contributed by atoms with E-state index in [0.29, 0.717) is 23.6 Å². The topological polar surface area (TPSA) is 84.9 Å². The van der Waals surface area contributed by atoms with Crippen LogP contribution in [0.1, 0.15) is 15.9 Å². The molecule has 7 nitrogen and oxygen atoms in total. The number of carbonyl (C=O) groups excluding carboxylic acids is 3. The number of ether oxygens (including phenoxy) is 2. The van der Waals surface area contributed by atoms with Crippen molar-refractivity contribution in [3.8, 4) is 11.5 Å². The molecule has 1 aliphatic rings. The zero-order valence-corrected chi connectivity index (χ0v) is 17.3. The smallest absolute Gasteiger partial charge is 0.325 e. The SMILES string of the molecule is O=C(CNC(=O)c1ccc(Oc2ccccc2)cc1)OCC(=O)N1CCc2ccccc21. The first kappa shape index (κ1) is 21.1. The highest BCUT2D eigenvalue weighted by atomic mass is 16.5. The maximum atomic E-state index is 12.4. The minimum atomic E-state index is -0.678. The van der Waals surface area contributed by atoms with Crippen LogP contribution in [-0.4, -0.2) is 37.5 Å². The van der Waals surface area contributed by atoms with E-state index in [2.05, 4.69) is 5.32 Å². The van der Waals surface area contributed by atoms with Crippen molar-refractivity contribution in [1.82, 2.24) is 5.32 Å². The molecule has 0 aliphatic carbocycles. The Labute approximate surface area is 185 Å². The lowest BCUT2D eigenvalue weighted by Crippen LogP contribution is -2.35. The van der Waals surface area contributed by atoms with Crippen molar-refractivity contribution >= 4 is 23.5 Å². The fraction of sp³-hybridized carbons (Fsp3) is 0.160. The number of benzene rings is 3. The molecular formula is C25H22N2O5. The second-order valence-electron chi connectivity index (χ2n) is 7.21. The molecule has 3 aromatic rings. The summed E-state index contributed by atoms with van der Waals surface area (Å²) in [7, 11) is 0. The average molecular weight is 430 g/mol. The standard InChI is InChI=1S/C25H22N2O5/c28-23(27-15-14-18-6-4-5-9-22(18)27)17-31-24(29)16-26-25(30)19-10-12-21(13-11-19)32-20-7-2-1-3-8-20/h1-13H,14-17H2,(H,26,30). The Morgan fingerprint density at radius 3 is 2.31 bits per heavy atom. The lowest BCUT2D eigenvalue weighted by Gasteiger charge is -2.17. The molecule has 32 heavy (non-hydrogen) atoms. The summed E-state index contributed by atoms with van der Waals surface area (Å²) < 4.78 is 10.7. The number of anilines is 1. The summed E-state index contributed by atoms with van der Waals surface area (Å²) in [6, 6.07) is 23.5. The molecule has 0 unspecified atom stereocenters. The molecule has 162 valence electrons. The summed E-state index contributed by atoms with van der Waals surface area (Å²) in [6.45, 7) is -0.129. The molecule has 4 rings (SSSR count). The van der Waals surface area contributed by atoms with Crippen molar-refractivity contribution in [3.63, 3.8) is 0 Å². The second-order valence-corrected chi connectivity index (χ2v) is 7.21. The number of fused-ring (bicyclic) bond motifs is 1. The van der Waals surface area contributed by atoms with Gasteiger partial charge >= 0.3 is 5.97 Å². The summed E-state index contributed by atoms with van der Waals surface area (Å²) in [5.74, 6) is -0.103. The van der Waals surface area contributed by atoms with Gasteiger partial charge in [0.1, 0.15) is 18.0 Å². The van der Waals surface area contributed by atoms with E-state index in [4.69, 9.17) is 9.47 Å². The highest BCUT2D eigenvalue weighted by Crippen LogP contribution is 2.27. The molecule has 1 N–H and O–H groups in total. The van der Waals surface area contributed by atoms with Gasteiger partial charge in [-0.1, -0.05) is 36.4 Å². The molecule has 0 radical (unpaired) electrons. The molecule has 0 saturated heterocycles. The summed E-state index contributed by atoms with van der Waals surface area (Å²) >= 11 is 0. The van der Waals surface area contributed by atoms with Crippen molar-refractivity contribution < 1.29 is 23.9 Å². The van der Waals surface area contributed by atoms with Crippen LogP contribution < -0.4 is 15.0 Å². The Morgan fingerprint density at radius 2 is 1.53 bits per heavy atom. The van der Waals surface area contributed by atoms with Gasteiger partial charge in [0.25, 0.3) is 11.8 Å². The zero-order valence-electron chi connectivity index (χ0n) is 17.3. The second kappa shape index (κ2) is 9.78. The van der Waals surface area contributed by atoms with Crippen molar-refractivity contribution in [2.24, 2.45) is 0 Å². The van der Waals surface area contributed by atoms with E-state index in [1.165, 1.54) is 0 Å². The third-order valence-electron chi connectivity index (χ3n) is 5.03. The van der Waals surface area contributed by atoms with Gasteiger partial charge in [0.2, 0.25) is 0 Å². The monoisotopic (exact) mass is 430 g/mol. The summed E-state index contributed by atoms with van der Waals surface area (Å²) in [5.41, 5.74) is 2.32. The fourth-order valence-corrected chi connectivity index (χ4v) is 3.42. The third kappa shape index (κ3) is 5.13. The molecule has 0 atom stereocenters. The molecule has 0 spiro atoms. The van der Waals surface area contributed by atoms with Gasteiger partial charge < -0.3 is 19.7 Å². The molecule has 0 fully saturated rings. The third-order valence-corrected chi connectivity index (χ3v) is 5.03. The van der Waals surface area contributed by atoms with E-state index in [1.54, 1.807) is 29.2 Å². The molecule has 0 bridgehead atoms. The summed E-state index contributed by atoms with van der Waals surface area (Å²) in [4.78, 5) is 38.2. The minimum absolute atomic E-state index is 0.288. The number of para-hydroxylation sites is 2. The van der Waals surface area contributed by atoms with Gasteiger partial charge in [-0.3, -0.25) is 14.4 Å². The maximum Gasteiger partial charge on any atom is 0.325 e. The van der Waals surface area contributed by atoms with Gasteiger partial charge in [-0.25, -0.2) is 0 Å². The van der Waals surface area contributed by atoms with Crippen LogP contribution >= 0.6 is 0 Å². The van der Waals surface area contributed by atoms with Crippen LogP contribution in [0.4, 0.5) is 5.69 Å². The van der Waals surface area contributed by atoms with Gasteiger partial charge in [0, 0.05) is 17.8 Å². The molecule has 1 aliphatic heterocycles. The number of carbonyl (C=O) groups is 3. The van der Waals surface area contributed by atoms with Crippen LogP contribution in [0.5, 0.6) is 11.5 Å². The van der Waals surface area contributed by atoms with Crippen LogP contribution in [0.25, 0.3) is 0 Å². The first-order valence-corrected chi connectivity index (χ1v) is 10.3. The highest BCUT2D eigenvalue weighted by molar-refractivity contribution is 5.98. The summed E-state index contributed by atoms with van der Waals surface area (Å²) in [6.07, 6.45) is 0.779. The van der Waals surface area contributed by atoms with Gasteiger partial charge in [-0.15, -0.1) is 0 Å². The van der Waals surface area contributed by atoms with E-state index in [0.717, 1.165) is 17.7 Å². The lowest BCUT2D eigenvalue weighted by atomic mass is 10.2. The quantitative estimate of drug-likeness (QED) is 0.581. The molecule has 3 aromatic carbocycles. The number of nitrogens with zero attached hydrogens (tertiary/aromatic N) is 1. The normalized spacial score (nSPS) is 12.1. The molecular weight excluding hydrogens is 408 g/mol. The number of amides is 2. The van der Waals surface area contributed by atoms with Crippen LogP contribution in [0.15, 0.2) is 78.9 Å². The fourth-order valence-electron chi connectivity index (χ4n) is 3.42. The number of rotatable bonds is 7. The van der Waals surface area contributed by atoms with E-state index in [9.17, 15) is 14.4 Å². The van der Waals surface area contributed by atoms with E-state index >= 15 is 0 Å². The Bertz CT molecular complexity index is 1110. The lowest BCUT2D eigenvalue weighted by molar-refractivity contribution is -0.146. The van der Waals surface area contributed by atoms with E-state index in [-0.39, 0.29) is 19.1 Å². The van der Waals surface area contributed by atoms with Gasteiger partial charge in [-0.05, 0) is 54.4 Å². The van der Waals surface area contributed by atoms with Crippen molar-refractivity contribution in [2.75, 3.05) is 24.6 Å². The first-order valence-electron chi connectivity index (χ1n) is 10.3. The molecule has 0 saturated carbocycles. The van der Waals surface area contributed by atoms with Crippen LogP contribution in [0.3, 0.4) is 0 Å². The number of nitrogens with one attached hydrogen (secondary N) is 1. The van der Waals surface area contributed by atoms with Gasteiger partial charge in [0.15, 0.2) is 6.61 Å². The first-order chi connectivity index (χ1) is 15.6. The minimum Gasteiger partial charge on any atom is -0.457 e.